The molecular formula is C14H16N2O3. The van der Waals surface area contributed by atoms with Crippen molar-refractivity contribution in [1.29, 1.82) is 0 Å². The summed E-state index contributed by atoms with van der Waals surface area (Å²) in [5.74, 6) is -0.142. The van der Waals surface area contributed by atoms with E-state index in [0.717, 1.165) is 5.56 Å². The number of carbonyl (C=O) groups excluding carboxylic acids is 1. The average Bonchev–Trinajstić information content (AvgIpc) is 2.89. The Morgan fingerprint density at radius 1 is 1.42 bits per heavy atom. The number of carbonyl (C=O) groups is 1. The van der Waals surface area contributed by atoms with Crippen molar-refractivity contribution >= 4 is 5.97 Å². The summed E-state index contributed by atoms with van der Waals surface area (Å²) in [5.41, 5.74) is 7.29. The molecule has 19 heavy (non-hydrogen) atoms. The Hall–Kier alpha value is -2.14. The van der Waals surface area contributed by atoms with E-state index in [1.807, 2.05) is 30.3 Å². The molecule has 0 fully saturated rings. The van der Waals surface area contributed by atoms with Crippen LogP contribution in [-0.2, 0) is 11.2 Å². The second kappa shape index (κ2) is 6.15. The zero-order valence-electron chi connectivity index (χ0n) is 10.7. The number of nitrogens with zero attached hydrogens (tertiary/aromatic N) is 1. The molecule has 5 nitrogen and oxygen atoms in total. The van der Waals surface area contributed by atoms with E-state index in [1.54, 1.807) is 6.92 Å². The van der Waals surface area contributed by atoms with Crippen LogP contribution in [0.2, 0.25) is 0 Å². The molecule has 2 aromatic rings. The van der Waals surface area contributed by atoms with Crippen molar-refractivity contribution in [2.45, 2.75) is 19.4 Å². The van der Waals surface area contributed by atoms with Gasteiger partial charge in [-0.05, 0) is 18.9 Å². The van der Waals surface area contributed by atoms with E-state index in [2.05, 4.69) is 4.98 Å². The number of aromatic nitrogens is 1. The molecule has 2 N–H and O–H groups in total. The molecule has 0 aliphatic rings. The van der Waals surface area contributed by atoms with Gasteiger partial charge in [-0.2, -0.15) is 0 Å². The molecule has 0 saturated carbocycles. The summed E-state index contributed by atoms with van der Waals surface area (Å²) in [6.07, 6.45) is 1.79. The number of benzene rings is 1. The first-order chi connectivity index (χ1) is 9.22. The van der Waals surface area contributed by atoms with Crippen LogP contribution in [0.25, 0.3) is 0 Å². The van der Waals surface area contributed by atoms with Crippen molar-refractivity contribution in [3.8, 4) is 0 Å². The highest BCUT2D eigenvalue weighted by Crippen LogP contribution is 2.20. The predicted octanol–water partition coefficient (Wildman–Crippen LogP) is 2.09. The molecular weight excluding hydrogens is 244 g/mol. The smallest absolute Gasteiger partial charge is 0.360 e. The fourth-order valence-electron chi connectivity index (χ4n) is 1.83. The van der Waals surface area contributed by atoms with Crippen LogP contribution in [0.15, 0.2) is 41.1 Å². The molecule has 0 aliphatic carbocycles. The van der Waals surface area contributed by atoms with Crippen molar-refractivity contribution in [2.24, 2.45) is 5.73 Å². The Balaban J connectivity index is 2.13. The van der Waals surface area contributed by atoms with Crippen molar-refractivity contribution in [1.82, 2.24) is 4.98 Å². The summed E-state index contributed by atoms with van der Waals surface area (Å²) in [7, 11) is 0. The largest absolute Gasteiger partial charge is 0.461 e. The summed E-state index contributed by atoms with van der Waals surface area (Å²) >= 11 is 0. The topological polar surface area (TPSA) is 78.3 Å². The number of rotatable bonds is 5. The lowest BCUT2D eigenvalue weighted by molar-refractivity contribution is 0.0517. The number of nitrogens with two attached hydrogens (primary N) is 1. The van der Waals surface area contributed by atoms with Crippen LogP contribution in [0.3, 0.4) is 0 Å². The molecule has 0 spiro atoms. The summed E-state index contributed by atoms with van der Waals surface area (Å²) in [6.45, 7) is 2.03. The van der Waals surface area contributed by atoms with Crippen molar-refractivity contribution < 1.29 is 13.9 Å². The normalized spacial score (nSPS) is 12.1. The molecule has 0 amide bonds. The van der Waals surface area contributed by atoms with E-state index in [-0.39, 0.29) is 5.69 Å². The zero-order valence-corrected chi connectivity index (χ0v) is 10.7. The van der Waals surface area contributed by atoms with Gasteiger partial charge in [0, 0.05) is 0 Å². The van der Waals surface area contributed by atoms with Gasteiger partial charge in [0.05, 0.1) is 12.6 Å². The van der Waals surface area contributed by atoms with E-state index in [9.17, 15) is 4.79 Å². The van der Waals surface area contributed by atoms with Crippen molar-refractivity contribution in [2.75, 3.05) is 6.61 Å². The Morgan fingerprint density at radius 2 is 2.16 bits per heavy atom. The fourth-order valence-corrected chi connectivity index (χ4v) is 1.83. The SMILES string of the molecule is CCOC(=O)c1ncoc1[C@@H](N)Cc1ccccc1. The van der Waals surface area contributed by atoms with Gasteiger partial charge in [-0.1, -0.05) is 30.3 Å². The van der Waals surface area contributed by atoms with E-state index >= 15 is 0 Å². The van der Waals surface area contributed by atoms with Gasteiger partial charge >= 0.3 is 5.97 Å². The van der Waals surface area contributed by atoms with Gasteiger partial charge in [0.25, 0.3) is 0 Å². The number of hydrogen-bond donors (Lipinski definition) is 1. The van der Waals surface area contributed by atoms with Crippen LogP contribution >= 0.6 is 0 Å². The lowest BCUT2D eigenvalue weighted by Crippen LogP contribution is -2.17. The molecule has 1 aromatic heterocycles. The van der Waals surface area contributed by atoms with Gasteiger partial charge in [0.1, 0.15) is 0 Å². The maximum atomic E-state index is 11.7. The average molecular weight is 260 g/mol. The van der Waals surface area contributed by atoms with Crippen LogP contribution in [-0.4, -0.2) is 17.6 Å². The van der Waals surface area contributed by atoms with Crippen molar-refractivity contribution in [3.63, 3.8) is 0 Å². The molecule has 1 atom stereocenters. The second-order valence-corrected chi connectivity index (χ2v) is 4.08. The quantitative estimate of drug-likeness (QED) is 0.833. The summed E-state index contributed by atoms with van der Waals surface area (Å²) in [6, 6.07) is 9.33. The third-order valence-corrected chi connectivity index (χ3v) is 2.70. The Bertz CT molecular complexity index is 537. The molecule has 0 aliphatic heterocycles. The van der Waals surface area contributed by atoms with E-state index in [0.29, 0.717) is 18.8 Å². The summed E-state index contributed by atoms with van der Waals surface area (Å²) in [5, 5.41) is 0. The van der Waals surface area contributed by atoms with Crippen LogP contribution in [0, 0.1) is 0 Å². The minimum absolute atomic E-state index is 0.158. The van der Waals surface area contributed by atoms with Gasteiger partial charge in [0.15, 0.2) is 17.8 Å². The number of ether oxygens (including phenoxy) is 1. The molecule has 0 unspecified atom stereocenters. The predicted molar refractivity (Wildman–Crippen MR) is 69.5 cm³/mol. The highest BCUT2D eigenvalue weighted by molar-refractivity contribution is 5.88. The third-order valence-electron chi connectivity index (χ3n) is 2.70. The Morgan fingerprint density at radius 3 is 2.84 bits per heavy atom. The lowest BCUT2D eigenvalue weighted by Gasteiger charge is -2.10. The van der Waals surface area contributed by atoms with Crippen LogP contribution in [0.1, 0.15) is 34.8 Å². The first kappa shape index (κ1) is 13.3. The Labute approximate surface area is 111 Å². The fraction of sp³-hybridized carbons (Fsp3) is 0.286. The van der Waals surface area contributed by atoms with Gasteiger partial charge in [-0.15, -0.1) is 0 Å². The van der Waals surface area contributed by atoms with Crippen LogP contribution in [0.4, 0.5) is 0 Å². The lowest BCUT2D eigenvalue weighted by atomic mass is 10.0. The highest BCUT2D eigenvalue weighted by Gasteiger charge is 2.23. The zero-order chi connectivity index (χ0) is 13.7. The standard InChI is InChI=1S/C14H16N2O3/c1-2-18-14(17)12-13(19-9-16-12)11(15)8-10-6-4-3-5-7-10/h3-7,9,11H,2,8,15H2,1H3/t11-/m0/s1. The molecule has 0 saturated heterocycles. The van der Waals surface area contributed by atoms with E-state index < -0.39 is 12.0 Å². The van der Waals surface area contributed by atoms with E-state index in [4.69, 9.17) is 14.9 Å². The minimum Gasteiger partial charge on any atom is -0.461 e. The molecule has 1 heterocycles. The van der Waals surface area contributed by atoms with Gasteiger partial charge < -0.3 is 14.9 Å². The van der Waals surface area contributed by atoms with E-state index in [1.165, 1.54) is 6.39 Å². The van der Waals surface area contributed by atoms with Crippen LogP contribution in [0.5, 0.6) is 0 Å². The number of esters is 1. The molecule has 0 radical (unpaired) electrons. The minimum atomic E-state index is -0.505. The van der Waals surface area contributed by atoms with Gasteiger partial charge in [-0.3, -0.25) is 0 Å². The molecule has 100 valence electrons. The molecule has 5 heteroatoms. The van der Waals surface area contributed by atoms with Crippen molar-refractivity contribution in [3.05, 3.63) is 53.7 Å². The third kappa shape index (κ3) is 3.20. The molecule has 1 aromatic carbocycles. The summed E-state index contributed by atoms with van der Waals surface area (Å²) < 4.78 is 10.1. The number of oxazole rings is 1. The maximum absolute atomic E-state index is 11.7. The van der Waals surface area contributed by atoms with Gasteiger partial charge in [-0.25, -0.2) is 9.78 Å². The molecule has 2 rings (SSSR count). The second-order valence-electron chi connectivity index (χ2n) is 4.08. The monoisotopic (exact) mass is 260 g/mol. The first-order valence-electron chi connectivity index (χ1n) is 6.12. The van der Waals surface area contributed by atoms with Crippen LogP contribution < -0.4 is 5.73 Å². The Kier molecular flexibility index (Phi) is 4.30. The number of hydrogen-bond acceptors (Lipinski definition) is 5. The van der Waals surface area contributed by atoms with Gasteiger partial charge in [0.2, 0.25) is 0 Å². The first-order valence-corrected chi connectivity index (χ1v) is 6.12. The maximum Gasteiger partial charge on any atom is 0.360 e. The molecule has 0 bridgehead atoms. The highest BCUT2D eigenvalue weighted by atomic mass is 16.5. The summed E-state index contributed by atoms with van der Waals surface area (Å²) in [4.78, 5) is 15.6.